The Labute approximate surface area is 148 Å². The molecular formula is C19H26N4O2. The molecule has 2 aromatic rings. The van der Waals surface area contributed by atoms with Crippen LogP contribution < -0.4 is 5.32 Å². The summed E-state index contributed by atoms with van der Waals surface area (Å²) in [4.78, 5) is 14.7. The second-order valence-corrected chi connectivity index (χ2v) is 6.68. The van der Waals surface area contributed by atoms with Crippen molar-refractivity contribution in [3.8, 4) is 0 Å². The lowest BCUT2D eigenvalue weighted by Gasteiger charge is -2.18. The van der Waals surface area contributed by atoms with Gasteiger partial charge in [-0.15, -0.1) is 0 Å². The van der Waals surface area contributed by atoms with Crippen molar-refractivity contribution in [1.82, 2.24) is 20.0 Å². The smallest absolute Gasteiger partial charge is 0.251 e. The molecule has 0 aliphatic carbocycles. The summed E-state index contributed by atoms with van der Waals surface area (Å²) in [5, 5.41) is 17.3. The summed E-state index contributed by atoms with van der Waals surface area (Å²) in [5.41, 5.74) is 2.89. The number of amides is 1. The summed E-state index contributed by atoms with van der Waals surface area (Å²) in [5.74, 6) is -0.0323. The van der Waals surface area contributed by atoms with Gasteiger partial charge in [-0.25, -0.2) is 0 Å². The number of aliphatic hydroxyl groups excluding tert-OH is 1. The van der Waals surface area contributed by atoms with Crippen molar-refractivity contribution >= 4 is 5.91 Å². The van der Waals surface area contributed by atoms with Crippen molar-refractivity contribution in [1.29, 1.82) is 0 Å². The summed E-state index contributed by atoms with van der Waals surface area (Å²) in [6, 6.07) is 9.17. The molecule has 0 unspecified atom stereocenters. The molecule has 6 heteroatoms. The van der Waals surface area contributed by atoms with Crippen LogP contribution in [0.1, 0.15) is 28.5 Å². The van der Waals surface area contributed by atoms with Gasteiger partial charge in [0.15, 0.2) is 0 Å². The molecule has 25 heavy (non-hydrogen) atoms. The highest BCUT2D eigenvalue weighted by Gasteiger charge is 2.33. The average molecular weight is 342 g/mol. The Morgan fingerprint density at radius 3 is 2.72 bits per heavy atom. The van der Waals surface area contributed by atoms with Crippen molar-refractivity contribution in [2.75, 3.05) is 19.7 Å². The molecule has 0 spiro atoms. The lowest BCUT2D eigenvalue weighted by molar-refractivity contribution is 0.0921. The average Bonchev–Trinajstić information content (AvgIpc) is 3.18. The standard InChI is InChI=1S/C19H26N4O2/c1-3-23-11-16(14(2)21-23)9-22-10-17(13-24)18(12-22)20-19(25)15-7-5-4-6-8-15/h4-8,11,17-18,24H,3,9-10,12-13H2,1-2H3,(H,20,25)/t17-,18+/m0/s1. The number of benzene rings is 1. The number of nitrogens with zero attached hydrogens (tertiary/aromatic N) is 3. The number of likely N-dealkylation sites (tertiary alicyclic amines) is 1. The normalized spacial score (nSPS) is 20.8. The van der Waals surface area contributed by atoms with E-state index in [1.54, 1.807) is 12.1 Å². The fourth-order valence-electron chi connectivity index (χ4n) is 3.40. The summed E-state index contributed by atoms with van der Waals surface area (Å²) < 4.78 is 1.94. The number of rotatable bonds is 6. The lowest BCUT2D eigenvalue weighted by atomic mass is 10.0. The summed E-state index contributed by atoms with van der Waals surface area (Å²) >= 11 is 0. The van der Waals surface area contributed by atoms with E-state index in [4.69, 9.17) is 0 Å². The number of carbonyl (C=O) groups excluding carboxylic acids is 1. The van der Waals surface area contributed by atoms with E-state index in [0.29, 0.717) is 5.56 Å². The molecule has 1 fully saturated rings. The van der Waals surface area contributed by atoms with E-state index >= 15 is 0 Å². The zero-order valence-corrected chi connectivity index (χ0v) is 14.9. The van der Waals surface area contributed by atoms with Gasteiger partial charge in [0, 0.05) is 62.1 Å². The third-order valence-corrected chi connectivity index (χ3v) is 4.87. The van der Waals surface area contributed by atoms with Crippen molar-refractivity contribution in [2.45, 2.75) is 33.0 Å². The molecule has 2 heterocycles. The number of aromatic nitrogens is 2. The number of nitrogens with one attached hydrogen (secondary N) is 1. The quantitative estimate of drug-likeness (QED) is 0.833. The molecule has 0 bridgehead atoms. The minimum atomic E-state index is -0.0825. The summed E-state index contributed by atoms with van der Waals surface area (Å²) in [6.07, 6.45) is 2.08. The zero-order chi connectivity index (χ0) is 17.8. The van der Waals surface area contributed by atoms with Crippen molar-refractivity contribution in [2.24, 2.45) is 5.92 Å². The molecule has 3 rings (SSSR count). The van der Waals surface area contributed by atoms with Gasteiger partial charge in [-0.2, -0.15) is 5.10 Å². The highest BCUT2D eigenvalue weighted by molar-refractivity contribution is 5.94. The summed E-state index contributed by atoms with van der Waals surface area (Å²) in [6.45, 7) is 7.33. The van der Waals surface area contributed by atoms with Crippen molar-refractivity contribution in [3.63, 3.8) is 0 Å². The van der Waals surface area contributed by atoms with Gasteiger partial charge in [0.2, 0.25) is 0 Å². The van der Waals surface area contributed by atoms with Crippen LogP contribution in [0, 0.1) is 12.8 Å². The van der Waals surface area contributed by atoms with Gasteiger partial charge in [0.25, 0.3) is 5.91 Å². The van der Waals surface area contributed by atoms with Crippen LogP contribution in [-0.2, 0) is 13.1 Å². The minimum Gasteiger partial charge on any atom is -0.396 e. The highest BCUT2D eigenvalue weighted by atomic mass is 16.3. The highest BCUT2D eigenvalue weighted by Crippen LogP contribution is 2.20. The monoisotopic (exact) mass is 342 g/mol. The Morgan fingerprint density at radius 2 is 2.08 bits per heavy atom. The van der Waals surface area contributed by atoms with E-state index in [-0.39, 0.29) is 24.5 Å². The van der Waals surface area contributed by atoms with Gasteiger partial charge in [-0.05, 0) is 26.0 Å². The number of hydrogen-bond acceptors (Lipinski definition) is 4. The maximum atomic E-state index is 12.4. The van der Waals surface area contributed by atoms with Crippen LogP contribution in [0.3, 0.4) is 0 Å². The molecule has 0 radical (unpaired) electrons. The fourth-order valence-corrected chi connectivity index (χ4v) is 3.40. The molecule has 1 aromatic carbocycles. The number of carbonyl (C=O) groups is 1. The van der Waals surface area contributed by atoms with Gasteiger partial charge in [0.1, 0.15) is 0 Å². The van der Waals surface area contributed by atoms with Crippen LogP contribution in [0.25, 0.3) is 0 Å². The molecular weight excluding hydrogens is 316 g/mol. The molecule has 1 saturated heterocycles. The van der Waals surface area contributed by atoms with Gasteiger partial charge in [0.05, 0.1) is 5.69 Å². The Balaban J connectivity index is 1.64. The maximum Gasteiger partial charge on any atom is 0.251 e. The molecule has 2 N–H and O–H groups in total. The second-order valence-electron chi connectivity index (χ2n) is 6.68. The van der Waals surface area contributed by atoms with Crippen LogP contribution in [-0.4, -0.2) is 51.4 Å². The topological polar surface area (TPSA) is 70.4 Å². The Kier molecular flexibility index (Phi) is 5.50. The molecule has 6 nitrogen and oxygen atoms in total. The van der Waals surface area contributed by atoms with E-state index in [1.165, 1.54) is 5.56 Å². The second kappa shape index (κ2) is 7.80. The number of aryl methyl sites for hydroxylation is 2. The molecule has 134 valence electrons. The fraction of sp³-hybridized carbons (Fsp3) is 0.474. The molecule has 1 aliphatic rings. The SMILES string of the molecule is CCn1cc(CN2C[C@@H](CO)[C@H](NC(=O)c3ccccc3)C2)c(C)n1. The minimum absolute atomic E-state index is 0.0424. The van der Waals surface area contributed by atoms with Crippen molar-refractivity contribution < 1.29 is 9.90 Å². The number of hydrogen-bond donors (Lipinski definition) is 2. The first-order valence-electron chi connectivity index (χ1n) is 8.82. The third kappa shape index (κ3) is 4.08. The van der Waals surface area contributed by atoms with Gasteiger partial charge in [-0.1, -0.05) is 18.2 Å². The third-order valence-electron chi connectivity index (χ3n) is 4.87. The van der Waals surface area contributed by atoms with E-state index in [1.807, 2.05) is 29.8 Å². The van der Waals surface area contributed by atoms with Crippen LogP contribution in [0.2, 0.25) is 0 Å². The van der Waals surface area contributed by atoms with E-state index in [0.717, 1.165) is 31.9 Å². The van der Waals surface area contributed by atoms with Crippen LogP contribution in [0.15, 0.2) is 36.5 Å². The molecule has 0 saturated carbocycles. The Morgan fingerprint density at radius 1 is 1.32 bits per heavy atom. The predicted molar refractivity (Wildman–Crippen MR) is 96.2 cm³/mol. The molecule has 1 aromatic heterocycles. The number of aliphatic hydroxyl groups is 1. The first-order chi connectivity index (χ1) is 12.1. The van der Waals surface area contributed by atoms with Gasteiger partial charge in [-0.3, -0.25) is 14.4 Å². The molecule has 2 atom stereocenters. The van der Waals surface area contributed by atoms with Crippen LogP contribution >= 0.6 is 0 Å². The summed E-state index contributed by atoms with van der Waals surface area (Å²) in [7, 11) is 0. The Bertz CT molecular complexity index is 713. The van der Waals surface area contributed by atoms with Crippen LogP contribution in [0.5, 0.6) is 0 Å². The maximum absolute atomic E-state index is 12.4. The van der Waals surface area contributed by atoms with Crippen LogP contribution in [0.4, 0.5) is 0 Å². The molecule has 1 aliphatic heterocycles. The van der Waals surface area contributed by atoms with Gasteiger partial charge < -0.3 is 10.4 Å². The van der Waals surface area contributed by atoms with E-state index in [2.05, 4.69) is 28.4 Å². The van der Waals surface area contributed by atoms with Gasteiger partial charge >= 0.3 is 0 Å². The van der Waals surface area contributed by atoms with E-state index < -0.39 is 0 Å². The predicted octanol–water partition coefficient (Wildman–Crippen LogP) is 1.43. The lowest BCUT2D eigenvalue weighted by Crippen LogP contribution is -2.41. The molecule has 1 amide bonds. The van der Waals surface area contributed by atoms with E-state index in [9.17, 15) is 9.90 Å². The largest absolute Gasteiger partial charge is 0.396 e. The first kappa shape index (κ1) is 17.6. The van der Waals surface area contributed by atoms with Crippen molar-refractivity contribution in [3.05, 3.63) is 53.3 Å². The zero-order valence-electron chi connectivity index (χ0n) is 14.9. The Hall–Kier alpha value is -2.18. The first-order valence-corrected chi connectivity index (χ1v) is 8.82.